The van der Waals surface area contributed by atoms with Gasteiger partial charge >= 0.3 is 15.2 Å². The Morgan fingerprint density at radius 1 is 1.00 bits per heavy atom. The molecule has 1 heterocycles. The average molecular weight is 239 g/mol. The lowest BCUT2D eigenvalue weighted by molar-refractivity contribution is 0.381. The third-order valence-electron chi connectivity index (χ3n) is 1.41. The third kappa shape index (κ3) is 2.48. The van der Waals surface area contributed by atoms with Gasteiger partial charge in [0.05, 0.1) is 10.6 Å². The van der Waals surface area contributed by atoms with Crippen LogP contribution in [0.4, 0.5) is 0 Å². The Morgan fingerprint density at radius 2 is 1.50 bits per heavy atom. The van der Waals surface area contributed by atoms with E-state index in [0.717, 1.165) is 18.5 Å². The molecule has 9 heteroatoms. The summed E-state index contributed by atoms with van der Waals surface area (Å²) >= 11 is 0. The topological polar surface area (TPSA) is 128 Å². The zero-order chi connectivity index (χ0) is 11.0. The zero-order valence-electron chi connectivity index (χ0n) is 6.68. The van der Waals surface area contributed by atoms with E-state index in [1.807, 2.05) is 0 Å². The second-order valence-corrected chi connectivity index (χ2v) is 5.59. The van der Waals surface area contributed by atoms with Crippen LogP contribution >= 0.6 is 15.2 Å². The van der Waals surface area contributed by atoms with Crippen molar-refractivity contribution in [2.24, 2.45) is 0 Å². The molecule has 1 aromatic heterocycles. The lowest BCUT2D eigenvalue weighted by Crippen LogP contribution is -2.25. The van der Waals surface area contributed by atoms with Crippen molar-refractivity contribution in [2.45, 2.75) is 0 Å². The highest BCUT2D eigenvalue weighted by atomic mass is 31.2. The van der Waals surface area contributed by atoms with E-state index in [1.165, 1.54) is 0 Å². The maximum atomic E-state index is 10.8. The summed E-state index contributed by atoms with van der Waals surface area (Å²) in [6.45, 7) is 0. The number of hydrogen-bond donors (Lipinski definition) is 4. The first kappa shape index (κ1) is 11.5. The monoisotopic (exact) mass is 239 g/mol. The zero-order valence-corrected chi connectivity index (χ0v) is 8.47. The van der Waals surface area contributed by atoms with Gasteiger partial charge in [0.2, 0.25) is 0 Å². The molecule has 0 aliphatic heterocycles. The third-order valence-corrected chi connectivity index (χ3v) is 3.58. The lowest BCUT2D eigenvalue weighted by atomic mass is 10.5. The quantitative estimate of drug-likeness (QED) is 0.471. The van der Waals surface area contributed by atoms with Gasteiger partial charge in [-0.05, 0) is 6.07 Å². The molecule has 0 saturated heterocycles. The molecule has 14 heavy (non-hydrogen) atoms. The molecular formula is C5H7NO6P2. The summed E-state index contributed by atoms with van der Waals surface area (Å²) in [5, 5.41) is -1.44. The summed E-state index contributed by atoms with van der Waals surface area (Å²) in [7, 11) is -9.39. The highest BCUT2D eigenvalue weighted by molar-refractivity contribution is 7.67. The van der Waals surface area contributed by atoms with Gasteiger partial charge in [0.25, 0.3) is 0 Å². The van der Waals surface area contributed by atoms with E-state index in [2.05, 4.69) is 4.98 Å². The predicted octanol–water partition coefficient (Wildman–Crippen LogP) is -1.31. The van der Waals surface area contributed by atoms with Crippen molar-refractivity contribution in [2.75, 3.05) is 0 Å². The molecule has 7 nitrogen and oxygen atoms in total. The fourth-order valence-electron chi connectivity index (χ4n) is 0.850. The minimum atomic E-state index is -4.71. The lowest BCUT2D eigenvalue weighted by Gasteiger charge is -2.10. The summed E-state index contributed by atoms with van der Waals surface area (Å²) in [5.74, 6) is 0. The van der Waals surface area contributed by atoms with Crippen molar-refractivity contribution < 1.29 is 28.7 Å². The number of aromatic nitrogens is 1. The van der Waals surface area contributed by atoms with Gasteiger partial charge in [0, 0.05) is 12.4 Å². The number of hydrogen-bond acceptors (Lipinski definition) is 3. The molecule has 0 saturated carbocycles. The summed E-state index contributed by atoms with van der Waals surface area (Å²) < 4.78 is 21.6. The molecule has 0 fully saturated rings. The van der Waals surface area contributed by atoms with Crippen molar-refractivity contribution in [3.05, 3.63) is 18.5 Å². The molecule has 0 bridgehead atoms. The second-order valence-electron chi connectivity index (χ2n) is 2.45. The van der Waals surface area contributed by atoms with E-state index in [9.17, 15) is 9.13 Å². The molecule has 0 aliphatic rings. The van der Waals surface area contributed by atoms with Crippen LogP contribution in [0.3, 0.4) is 0 Å². The van der Waals surface area contributed by atoms with Gasteiger partial charge in [-0.15, -0.1) is 0 Å². The summed E-state index contributed by atoms with van der Waals surface area (Å²) in [6, 6.07) is 0.884. The summed E-state index contributed by atoms with van der Waals surface area (Å²) in [4.78, 5) is 38.5. The molecule has 0 aromatic carbocycles. The van der Waals surface area contributed by atoms with Crippen LogP contribution in [-0.2, 0) is 9.13 Å². The molecule has 0 unspecified atom stereocenters. The molecule has 1 rings (SSSR count). The first-order chi connectivity index (χ1) is 6.23. The molecule has 4 N–H and O–H groups in total. The van der Waals surface area contributed by atoms with E-state index < -0.39 is 25.8 Å². The largest absolute Gasteiger partial charge is 0.358 e. The van der Waals surface area contributed by atoms with Crippen LogP contribution in [0, 0.1) is 0 Å². The number of rotatable bonds is 2. The van der Waals surface area contributed by atoms with Crippen molar-refractivity contribution >= 4 is 25.8 Å². The number of pyridine rings is 1. The van der Waals surface area contributed by atoms with E-state index in [0.29, 0.717) is 0 Å². The Hall–Kier alpha value is -0.550. The fraction of sp³-hybridized carbons (Fsp3) is 0. The summed E-state index contributed by atoms with van der Waals surface area (Å²) in [5.41, 5.74) is 0. The van der Waals surface area contributed by atoms with Crippen molar-refractivity contribution in [1.29, 1.82) is 0 Å². The van der Waals surface area contributed by atoms with Crippen LogP contribution in [0.5, 0.6) is 0 Å². The van der Waals surface area contributed by atoms with E-state index in [1.54, 1.807) is 0 Å². The van der Waals surface area contributed by atoms with Crippen LogP contribution in [0.25, 0.3) is 0 Å². The maximum absolute atomic E-state index is 10.8. The van der Waals surface area contributed by atoms with Gasteiger partial charge in [0.15, 0.2) is 0 Å². The first-order valence-electron chi connectivity index (χ1n) is 3.29. The van der Waals surface area contributed by atoms with Crippen LogP contribution in [0.1, 0.15) is 0 Å². The van der Waals surface area contributed by atoms with Gasteiger partial charge in [-0.25, -0.2) is 0 Å². The predicted molar refractivity (Wildman–Crippen MR) is 47.6 cm³/mol. The Balaban J connectivity index is 3.47. The van der Waals surface area contributed by atoms with Gasteiger partial charge in [-0.3, -0.25) is 14.1 Å². The van der Waals surface area contributed by atoms with Gasteiger partial charge in [-0.2, -0.15) is 0 Å². The minimum absolute atomic E-state index is 0.694. The van der Waals surface area contributed by atoms with Crippen molar-refractivity contribution in [3.63, 3.8) is 0 Å². The van der Waals surface area contributed by atoms with E-state index in [-0.39, 0.29) is 0 Å². The highest BCUT2D eigenvalue weighted by Gasteiger charge is 2.30. The van der Waals surface area contributed by atoms with Gasteiger partial charge in [0.1, 0.15) is 0 Å². The maximum Gasteiger partial charge on any atom is 0.358 e. The Kier molecular flexibility index (Phi) is 2.92. The molecule has 0 atom stereocenters. The average Bonchev–Trinajstić information content (AvgIpc) is 2.01. The second kappa shape index (κ2) is 3.55. The Labute approximate surface area is 78.8 Å². The van der Waals surface area contributed by atoms with Gasteiger partial charge in [-0.1, -0.05) is 0 Å². The van der Waals surface area contributed by atoms with Crippen LogP contribution in [0.15, 0.2) is 18.5 Å². The molecule has 0 spiro atoms. The molecule has 78 valence electrons. The highest BCUT2D eigenvalue weighted by Crippen LogP contribution is 2.39. The summed E-state index contributed by atoms with van der Waals surface area (Å²) in [6.07, 6.45) is 1.79. The number of nitrogens with zero attached hydrogens (tertiary/aromatic N) is 1. The van der Waals surface area contributed by atoms with Crippen LogP contribution < -0.4 is 10.6 Å². The SMILES string of the molecule is O=P(O)(O)c1ccncc1P(=O)(O)O. The Bertz CT molecular complexity index is 393. The molecule has 0 aliphatic carbocycles. The van der Waals surface area contributed by atoms with Crippen molar-refractivity contribution in [1.82, 2.24) is 4.98 Å². The van der Waals surface area contributed by atoms with Crippen molar-refractivity contribution in [3.8, 4) is 0 Å². The van der Waals surface area contributed by atoms with Crippen LogP contribution in [0.2, 0.25) is 0 Å². The Morgan fingerprint density at radius 3 is 1.86 bits per heavy atom. The van der Waals surface area contributed by atoms with E-state index >= 15 is 0 Å². The molecule has 0 radical (unpaired) electrons. The standard InChI is InChI=1S/C5H7NO6P2/c7-13(8,9)4-1-2-6-3-5(4)14(10,11)12/h1-3H,(H2,7,8,9)(H2,10,11,12). The minimum Gasteiger partial charge on any atom is -0.321 e. The smallest absolute Gasteiger partial charge is 0.321 e. The fourth-order valence-corrected chi connectivity index (χ4v) is 2.84. The van der Waals surface area contributed by atoms with Crippen LogP contribution in [-0.4, -0.2) is 24.6 Å². The first-order valence-corrected chi connectivity index (χ1v) is 6.51. The molecule has 0 amide bonds. The molecule has 1 aromatic rings. The molecular weight excluding hydrogens is 232 g/mol. The van der Waals surface area contributed by atoms with Gasteiger partial charge < -0.3 is 19.6 Å². The van der Waals surface area contributed by atoms with E-state index in [4.69, 9.17) is 19.6 Å². The normalized spacial score (nSPS) is 12.9.